The van der Waals surface area contributed by atoms with Gasteiger partial charge in [0.05, 0.1) is 12.7 Å². The molecule has 1 aromatic heterocycles. The van der Waals surface area contributed by atoms with E-state index < -0.39 is 12.1 Å². The van der Waals surface area contributed by atoms with E-state index in [4.69, 9.17) is 9.47 Å². The standard InChI is InChI=1S/C18H18N2O4/c1-12(24-18(22)14-7-8-16(23-2)19-11-14)17(21)20-10-9-13-5-3-4-6-15(13)20/h3-8,11-12H,9-10H2,1-2H3/t12-/m1/s1. The third kappa shape index (κ3) is 3.08. The first-order valence-corrected chi connectivity index (χ1v) is 7.70. The number of hydrogen-bond acceptors (Lipinski definition) is 5. The van der Waals surface area contributed by atoms with E-state index in [9.17, 15) is 9.59 Å². The van der Waals surface area contributed by atoms with E-state index >= 15 is 0 Å². The first-order chi connectivity index (χ1) is 11.6. The Morgan fingerprint density at radius 3 is 2.71 bits per heavy atom. The van der Waals surface area contributed by atoms with E-state index in [0.29, 0.717) is 12.4 Å². The summed E-state index contributed by atoms with van der Waals surface area (Å²) in [5.74, 6) is -0.405. The molecule has 0 fully saturated rings. The van der Waals surface area contributed by atoms with Crippen LogP contribution in [0, 0.1) is 0 Å². The molecule has 3 rings (SSSR count). The zero-order valence-corrected chi connectivity index (χ0v) is 13.6. The highest BCUT2D eigenvalue weighted by Gasteiger charge is 2.29. The van der Waals surface area contributed by atoms with E-state index in [2.05, 4.69) is 4.98 Å². The van der Waals surface area contributed by atoms with Gasteiger partial charge in [-0.1, -0.05) is 18.2 Å². The molecule has 2 aromatic rings. The maximum absolute atomic E-state index is 12.6. The van der Waals surface area contributed by atoms with Crippen molar-refractivity contribution in [2.24, 2.45) is 0 Å². The minimum Gasteiger partial charge on any atom is -0.481 e. The second kappa shape index (κ2) is 6.70. The number of aromatic nitrogens is 1. The van der Waals surface area contributed by atoms with Crippen molar-refractivity contribution in [3.63, 3.8) is 0 Å². The number of benzene rings is 1. The van der Waals surface area contributed by atoms with Crippen LogP contribution >= 0.6 is 0 Å². The van der Waals surface area contributed by atoms with Gasteiger partial charge in [-0.2, -0.15) is 0 Å². The average molecular weight is 326 g/mol. The minimum absolute atomic E-state index is 0.227. The Morgan fingerprint density at radius 1 is 1.21 bits per heavy atom. The first-order valence-electron chi connectivity index (χ1n) is 7.70. The van der Waals surface area contributed by atoms with Crippen LogP contribution in [-0.2, 0) is 16.0 Å². The molecular formula is C18H18N2O4. The fraction of sp³-hybridized carbons (Fsp3) is 0.278. The molecule has 0 saturated carbocycles. The molecule has 6 heteroatoms. The number of ether oxygens (including phenoxy) is 2. The lowest BCUT2D eigenvalue weighted by molar-refractivity contribution is -0.126. The summed E-state index contributed by atoms with van der Waals surface area (Å²) in [5, 5.41) is 0. The average Bonchev–Trinajstić information content (AvgIpc) is 3.05. The van der Waals surface area contributed by atoms with Gasteiger partial charge in [-0.3, -0.25) is 4.79 Å². The van der Waals surface area contributed by atoms with Crippen LogP contribution in [0.25, 0.3) is 0 Å². The van der Waals surface area contributed by atoms with Gasteiger partial charge >= 0.3 is 5.97 Å². The smallest absolute Gasteiger partial charge is 0.340 e. The quantitative estimate of drug-likeness (QED) is 0.806. The van der Waals surface area contributed by atoms with Crippen LogP contribution in [0.2, 0.25) is 0 Å². The third-order valence-electron chi connectivity index (χ3n) is 3.97. The summed E-state index contributed by atoms with van der Waals surface area (Å²) >= 11 is 0. The van der Waals surface area contributed by atoms with Crippen LogP contribution in [0.15, 0.2) is 42.6 Å². The van der Waals surface area contributed by atoms with E-state index in [0.717, 1.165) is 17.7 Å². The molecule has 6 nitrogen and oxygen atoms in total. The molecule has 24 heavy (non-hydrogen) atoms. The number of esters is 1. The number of carbonyl (C=O) groups excluding carboxylic acids is 2. The van der Waals surface area contributed by atoms with Gasteiger partial charge in [-0.25, -0.2) is 9.78 Å². The Morgan fingerprint density at radius 2 is 2.00 bits per heavy atom. The normalized spacial score (nSPS) is 14.0. The van der Waals surface area contributed by atoms with Gasteiger partial charge in [0.25, 0.3) is 5.91 Å². The lowest BCUT2D eigenvalue weighted by Gasteiger charge is -2.21. The number of methoxy groups -OCH3 is 1. The summed E-state index contributed by atoms with van der Waals surface area (Å²) in [6.45, 7) is 2.18. The van der Waals surface area contributed by atoms with Crippen molar-refractivity contribution in [2.75, 3.05) is 18.6 Å². The van der Waals surface area contributed by atoms with E-state index in [-0.39, 0.29) is 11.5 Å². The number of para-hydroxylation sites is 1. The topological polar surface area (TPSA) is 68.7 Å². The molecule has 1 amide bonds. The Labute approximate surface area is 140 Å². The van der Waals surface area contributed by atoms with E-state index in [1.54, 1.807) is 24.0 Å². The molecule has 0 bridgehead atoms. The molecule has 124 valence electrons. The maximum Gasteiger partial charge on any atom is 0.340 e. The van der Waals surface area contributed by atoms with Crippen molar-refractivity contribution < 1.29 is 19.1 Å². The largest absolute Gasteiger partial charge is 0.481 e. The second-order valence-electron chi connectivity index (χ2n) is 5.51. The molecule has 1 aliphatic rings. The van der Waals surface area contributed by atoms with Gasteiger partial charge in [0, 0.05) is 24.5 Å². The highest BCUT2D eigenvalue weighted by Crippen LogP contribution is 2.28. The molecule has 0 unspecified atom stereocenters. The van der Waals surface area contributed by atoms with Crippen LogP contribution in [0.4, 0.5) is 5.69 Å². The molecular weight excluding hydrogens is 308 g/mol. The number of rotatable bonds is 4. The minimum atomic E-state index is -0.870. The summed E-state index contributed by atoms with van der Waals surface area (Å²) < 4.78 is 10.2. The lowest BCUT2D eigenvalue weighted by atomic mass is 10.2. The van der Waals surface area contributed by atoms with Gasteiger partial charge in [0.15, 0.2) is 6.10 Å². The second-order valence-corrected chi connectivity index (χ2v) is 5.51. The number of pyridine rings is 1. The monoisotopic (exact) mass is 326 g/mol. The summed E-state index contributed by atoms with van der Waals surface area (Å²) in [4.78, 5) is 30.4. The van der Waals surface area contributed by atoms with Gasteiger partial charge in [0.2, 0.25) is 5.88 Å². The number of nitrogens with zero attached hydrogens (tertiary/aromatic N) is 2. The zero-order valence-electron chi connectivity index (χ0n) is 13.6. The molecule has 0 radical (unpaired) electrons. The Bertz CT molecular complexity index is 758. The third-order valence-corrected chi connectivity index (χ3v) is 3.97. The van der Waals surface area contributed by atoms with Crippen molar-refractivity contribution in [1.82, 2.24) is 4.98 Å². The lowest BCUT2D eigenvalue weighted by Crippen LogP contribution is -2.39. The van der Waals surface area contributed by atoms with Crippen LogP contribution < -0.4 is 9.64 Å². The Kier molecular flexibility index (Phi) is 4.46. The fourth-order valence-corrected chi connectivity index (χ4v) is 2.69. The number of amides is 1. The van der Waals surface area contributed by atoms with Gasteiger partial charge in [-0.05, 0) is 31.0 Å². The van der Waals surface area contributed by atoms with Crippen molar-refractivity contribution >= 4 is 17.6 Å². The van der Waals surface area contributed by atoms with Crippen LogP contribution in [0.5, 0.6) is 5.88 Å². The van der Waals surface area contributed by atoms with Crippen LogP contribution in [-0.4, -0.2) is 36.6 Å². The van der Waals surface area contributed by atoms with Gasteiger partial charge in [-0.15, -0.1) is 0 Å². The molecule has 0 saturated heterocycles. The van der Waals surface area contributed by atoms with E-state index in [1.807, 2.05) is 24.3 Å². The van der Waals surface area contributed by atoms with Crippen molar-refractivity contribution in [3.05, 3.63) is 53.7 Å². The highest BCUT2D eigenvalue weighted by molar-refractivity contribution is 6.00. The summed E-state index contributed by atoms with van der Waals surface area (Å²) in [6, 6.07) is 10.9. The number of carbonyl (C=O) groups is 2. The molecule has 2 heterocycles. The van der Waals surface area contributed by atoms with Gasteiger partial charge < -0.3 is 14.4 Å². The molecule has 1 aliphatic heterocycles. The Hall–Kier alpha value is -2.89. The number of fused-ring (bicyclic) bond motifs is 1. The molecule has 0 N–H and O–H groups in total. The fourth-order valence-electron chi connectivity index (χ4n) is 2.69. The summed E-state index contributed by atoms with van der Waals surface area (Å²) in [5.41, 5.74) is 2.29. The molecule has 1 aromatic carbocycles. The van der Waals surface area contributed by atoms with Crippen molar-refractivity contribution in [1.29, 1.82) is 0 Å². The highest BCUT2D eigenvalue weighted by atomic mass is 16.5. The van der Waals surface area contributed by atoms with Crippen molar-refractivity contribution in [2.45, 2.75) is 19.4 Å². The summed E-state index contributed by atoms with van der Waals surface area (Å²) in [7, 11) is 1.49. The van der Waals surface area contributed by atoms with Crippen molar-refractivity contribution in [3.8, 4) is 5.88 Å². The van der Waals surface area contributed by atoms with Crippen LogP contribution in [0.3, 0.4) is 0 Å². The maximum atomic E-state index is 12.6. The molecule has 0 aliphatic carbocycles. The van der Waals surface area contributed by atoms with Crippen LogP contribution in [0.1, 0.15) is 22.8 Å². The molecule has 0 spiro atoms. The molecule has 1 atom stereocenters. The zero-order chi connectivity index (χ0) is 17.1. The predicted octanol–water partition coefficient (Wildman–Crippen LogP) is 2.22. The van der Waals surface area contributed by atoms with E-state index in [1.165, 1.54) is 13.3 Å². The Balaban J connectivity index is 1.67. The number of hydrogen-bond donors (Lipinski definition) is 0. The summed E-state index contributed by atoms with van der Waals surface area (Å²) in [6.07, 6.45) is 1.31. The van der Waals surface area contributed by atoms with Gasteiger partial charge in [0.1, 0.15) is 0 Å². The SMILES string of the molecule is COc1ccc(C(=O)O[C@H](C)C(=O)N2CCc3ccccc32)cn1. The predicted molar refractivity (Wildman–Crippen MR) is 88.2 cm³/mol. The number of anilines is 1. The first kappa shape index (κ1) is 16.0.